The molecule has 0 aliphatic carbocycles. The van der Waals surface area contributed by atoms with E-state index in [1.54, 1.807) is 11.8 Å². The van der Waals surface area contributed by atoms with E-state index < -0.39 is 9.84 Å². The van der Waals surface area contributed by atoms with Crippen molar-refractivity contribution in [3.05, 3.63) is 28.0 Å². The smallest absolute Gasteiger partial charge is 0.227 e. The molecular formula is C17H21ClFNO3S. The van der Waals surface area contributed by atoms with E-state index in [4.69, 9.17) is 11.6 Å². The van der Waals surface area contributed by atoms with E-state index in [1.165, 1.54) is 6.07 Å². The van der Waals surface area contributed by atoms with Crippen LogP contribution in [0.5, 0.6) is 0 Å². The van der Waals surface area contributed by atoms with Crippen molar-refractivity contribution in [3.63, 3.8) is 0 Å². The molecule has 24 heavy (non-hydrogen) atoms. The van der Waals surface area contributed by atoms with Crippen LogP contribution >= 0.6 is 11.6 Å². The van der Waals surface area contributed by atoms with Gasteiger partial charge in [-0.25, -0.2) is 12.8 Å². The number of nitrogens with zero attached hydrogens (tertiary/aromatic N) is 1. The number of rotatable bonds is 2. The molecule has 0 aromatic heterocycles. The first-order valence-electron chi connectivity index (χ1n) is 8.27. The molecule has 0 spiro atoms. The maximum absolute atomic E-state index is 13.9. The molecule has 1 fully saturated rings. The summed E-state index contributed by atoms with van der Waals surface area (Å²) in [5.41, 5.74) is 1.92. The summed E-state index contributed by atoms with van der Waals surface area (Å²) < 4.78 is 37.4. The highest BCUT2D eigenvalue weighted by atomic mass is 35.5. The average Bonchev–Trinajstić information content (AvgIpc) is 2.51. The third-order valence-corrected chi connectivity index (χ3v) is 7.15. The number of carbonyl (C=O) groups excluding carboxylic acids is 1. The van der Waals surface area contributed by atoms with Gasteiger partial charge in [-0.2, -0.15) is 0 Å². The van der Waals surface area contributed by atoms with Crippen LogP contribution in [-0.4, -0.2) is 32.4 Å². The number of fused-ring (bicyclic) bond motifs is 1. The molecule has 2 aliphatic heterocycles. The van der Waals surface area contributed by atoms with E-state index in [0.29, 0.717) is 30.6 Å². The minimum atomic E-state index is -3.04. The quantitative estimate of drug-likeness (QED) is 0.799. The van der Waals surface area contributed by atoms with Crippen molar-refractivity contribution in [2.75, 3.05) is 23.0 Å². The molecular weight excluding hydrogens is 353 g/mol. The summed E-state index contributed by atoms with van der Waals surface area (Å²) in [7, 11) is -3.04. The molecule has 0 unspecified atom stereocenters. The van der Waals surface area contributed by atoms with Crippen LogP contribution in [0.25, 0.3) is 0 Å². The molecule has 0 bridgehead atoms. The predicted molar refractivity (Wildman–Crippen MR) is 92.8 cm³/mol. The monoisotopic (exact) mass is 373 g/mol. The Balaban J connectivity index is 1.84. The molecule has 2 heterocycles. The SMILES string of the molecule is Cc1c(F)cc(Cl)c2c1CCCN2C(=O)C[C@H]1CCCS(=O)(=O)C1. The highest BCUT2D eigenvalue weighted by Crippen LogP contribution is 2.38. The third kappa shape index (κ3) is 3.45. The maximum atomic E-state index is 13.9. The summed E-state index contributed by atoms with van der Waals surface area (Å²) in [6, 6.07) is 1.26. The van der Waals surface area contributed by atoms with Crippen molar-refractivity contribution in [1.82, 2.24) is 0 Å². The molecule has 1 amide bonds. The Hall–Kier alpha value is -1.14. The van der Waals surface area contributed by atoms with Crippen LogP contribution in [0.15, 0.2) is 6.07 Å². The molecule has 1 saturated heterocycles. The zero-order valence-electron chi connectivity index (χ0n) is 13.6. The summed E-state index contributed by atoms with van der Waals surface area (Å²) >= 11 is 6.22. The van der Waals surface area contributed by atoms with Crippen LogP contribution in [0.3, 0.4) is 0 Å². The first-order chi connectivity index (χ1) is 11.3. The van der Waals surface area contributed by atoms with E-state index >= 15 is 0 Å². The molecule has 4 nitrogen and oxygen atoms in total. The molecule has 7 heteroatoms. The first-order valence-corrected chi connectivity index (χ1v) is 10.5. The Morgan fingerprint density at radius 2 is 2.17 bits per heavy atom. The van der Waals surface area contributed by atoms with Gasteiger partial charge >= 0.3 is 0 Å². The molecule has 0 radical (unpaired) electrons. The lowest BCUT2D eigenvalue weighted by Crippen LogP contribution is -2.38. The Morgan fingerprint density at radius 3 is 2.88 bits per heavy atom. The van der Waals surface area contributed by atoms with Gasteiger partial charge in [-0.1, -0.05) is 11.6 Å². The fourth-order valence-corrected chi connectivity index (χ4v) is 5.85. The van der Waals surface area contributed by atoms with Crippen LogP contribution in [0.1, 0.15) is 36.8 Å². The molecule has 1 aromatic rings. The average molecular weight is 374 g/mol. The van der Waals surface area contributed by atoms with Crippen molar-refractivity contribution in [1.29, 1.82) is 0 Å². The Kier molecular flexibility index (Phi) is 4.89. The Labute approximate surface area is 146 Å². The maximum Gasteiger partial charge on any atom is 0.227 e. The fourth-order valence-electron chi connectivity index (χ4n) is 3.76. The minimum Gasteiger partial charge on any atom is -0.311 e. The molecule has 132 valence electrons. The third-order valence-electron chi connectivity index (χ3n) is 4.98. The molecule has 2 aliphatic rings. The van der Waals surface area contributed by atoms with Crippen LogP contribution in [0, 0.1) is 18.7 Å². The lowest BCUT2D eigenvalue weighted by molar-refractivity contribution is -0.119. The number of amides is 1. The summed E-state index contributed by atoms with van der Waals surface area (Å²) in [4.78, 5) is 14.4. The first kappa shape index (κ1) is 17.7. The second-order valence-corrected chi connectivity index (χ2v) is 9.40. The van der Waals surface area contributed by atoms with Gasteiger partial charge in [-0.15, -0.1) is 0 Å². The predicted octanol–water partition coefficient (Wildman–Crippen LogP) is 3.28. The molecule has 1 atom stereocenters. The van der Waals surface area contributed by atoms with Gasteiger partial charge in [0.15, 0.2) is 9.84 Å². The Bertz CT molecular complexity index is 779. The highest BCUT2D eigenvalue weighted by molar-refractivity contribution is 7.91. The van der Waals surface area contributed by atoms with Gasteiger partial charge in [-0.3, -0.25) is 4.79 Å². The number of sulfone groups is 1. The minimum absolute atomic E-state index is 0.0790. The van der Waals surface area contributed by atoms with Crippen LogP contribution in [-0.2, 0) is 21.1 Å². The standard InChI is InChI=1S/C17H21ClFNO3S/c1-11-13-5-2-6-20(17(13)14(18)9-15(11)19)16(21)8-12-4-3-7-24(22,23)10-12/h9,12H,2-8,10H2,1H3/t12-/m1/s1. The van der Waals surface area contributed by atoms with E-state index in [2.05, 4.69) is 0 Å². The molecule has 0 N–H and O–H groups in total. The number of benzene rings is 1. The number of anilines is 1. The van der Waals surface area contributed by atoms with Gasteiger partial charge < -0.3 is 4.90 Å². The van der Waals surface area contributed by atoms with Gasteiger partial charge in [0, 0.05) is 13.0 Å². The van der Waals surface area contributed by atoms with Gasteiger partial charge in [0.25, 0.3) is 0 Å². The number of hydrogen-bond acceptors (Lipinski definition) is 3. The summed E-state index contributed by atoms with van der Waals surface area (Å²) in [5.74, 6) is -0.316. The van der Waals surface area contributed by atoms with Crippen molar-refractivity contribution in [2.45, 2.75) is 39.0 Å². The van der Waals surface area contributed by atoms with E-state index in [1.807, 2.05) is 0 Å². The number of hydrogen-bond donors (Lipinski definition) is 0. The largest absolute Gasteiger partial charge is 0.311 e. The molecule has 0 saturated carbocycles. The van der Waals surface area contributed by atoms with Gasteiger partial charge in [-0.05, 0) is 55.7 Å². The van der Waals surface area contributed by atoms with Crippen LogP contribution in [0.2, 0.25) is 5.02 Å². The van der Waals surface area contributed by atoms with E-state index in [-0.39, 0.29) is 40.6 Å². The summed E-state index contributed by atoms with van der Waals surface area (Å²) in [6.07, 6.45) is 3.01. The topological polar surface area (TPSA) is 54.5 Å². The Morgan fingerprint density at radius 1 is 1.42 bits per heavy atom. The van der Waals surface area contributed by atoms with Crippen molar-refractivity contribution >= 4 is 33.0 Å². The second kappa shape index (κ2) is 6.64. The van der Waals surface area contributed by atoms with Crippen molar-refractivity contribution < 1.29 is 17.6 Å². The fraction of sp³-hybridized carbons (Fsp3) is 0.588. The lowest BCUT2D eigenvalue weighted by atomic mass is 9.95. The number of halogens is 2. The molecule has 3 rings (SSSR count). The molecule has 1 aromatic carbocycles. The zero-order valence-corrected chi connectivity index (χ0v) is 15.2. The van der Waals surface area contributed by atoms with E-state index in [9.17, 15) is 17.6 Å². The van der Waals surface area contributed by atoms with Gasteiger partial charge in [0.05, 0.1) is 22.2 Å². The van der Waals surface area contributed by atoms with E-state index in [0.717, 1.165) is 18.4 Å². The highest BCUT2D eigenvalue weighted by Gasteiger charge is 2.31. The van der Waals surface area contributed by atoms with Crippen molar-refractivity contribution in [3.8, 4) is 0 Å². The van der Waals surface area contributed by atoms with Gasteiger partial charge in [0.1, 0.15) is 5.82 Å². The zero-order chi connectivity index (χ0) is 17.5. The second-order valence-electron chi connectivity index (χ2n) is 6.77. The van der Waals surface area contributed by atoms with Crippen molar-refractivity contribution in [2.24, 2.45) is 5.92 Å². The van der Waals surface area contributed by atoms with Crippen LogP contribution in [0.4, 0.5) is 10.1 Å². The normalized spacial score (nSPS) is 23.0. The summed E-state index contributed by atoms with van der Waals surface area (Å²) in [6.45, 7) is 2.24. The summed E-state index contributed by atoms with van der Waals surface area (Å²) in [5, 5.41) is 0.248. The number of carbonyl (C=O) groups is 1. The van der Waals surface area contributed by atoms with Gasteiger partial charge in [0.2, 0.25) is 5.91 Å². The van der Waals surface area contributed by atoms with Crippen LogP contribution < -0.4 is 4.90 Å². The lowest BCUT2D eigenvalue weighted by Gasteiger charge is -2.33.